The second kappa shape index (κ2) is 5.87. The first-order valence-electron chi connectivity index (χ1n) is 5.81. The van der Waals surface area contributed by atoms with Gasteiger partial charge >= 0.3 is 11.4 Å². The zero-order valence-corrected chi connectivity index (χ0v) is 11.1. The number of aromatic nitrogens is 3. The number of H-pyrrole nitrogens is 1. The van der Waals surface area contributed by atoms with Crippen molar-refractivity contribution in [3.63, 3.8) is 0 Å². The van der Waals surface area contributed by atoms with Gasteiger partial charge in [-0.3, -0.25) is 15.5 Å². The number of aromatic amines is 1. The largest absolute Gasteiger partial charge is 0.507 e. The summed E-state index contributed by atoms with van der Waals surface area (Å²) in [5.74, 6) is -0.973. The zero-order valence-electron chi connectivity index (χ0n) is 11.1. The van der Waals surface area contributed by atoms with Gasteiger partial charge < -0.3 is 10.2 Å². The Hall–Kier alpha value is -3.50. The molecule has 0 spiro atoms. The summed E-state index contributed by atoms with van der Waals surface area (Å²) in [6.07, 6.45) is 1.07. The molecule has 0 bridgehead atoms. The third-order valence-corrected chi connectivity index (χ3v) is 2.57. The summed E-state index contributed by atoms with van der Waals surface area (Å²) in [6, 6.07) is 1.78. The Morgan fingerprint density at radius 2 is 2.14 bits per heavy atom. The maximum absolute atomic E-state index is 11.0. The lowest BCUT2D eigenvalue weighted by Crippen LogP contribution is -2.15. The summed E-state index contributed by atoms with van der Waals surface area (Å²) in [4.78, 5) is 24.5. The Morgan fingerprint density at radius 1 is 1.41 bits per heavy atom. The molecule has 0 radical (unpaired) electrons. The van der Waals surface area contributed by atoms with Crippen LogP contribution in [-0.2, 0) is 0 Å². The minimum atomic E-state index is -0.800. The molecule has 2 aromatic rings. The fourth-order valence-electron chi connectivity index (χ4n) is 1.49. The second-order valence-corrected chi connectivity index (χ2v) is 4.10. The Kier molecular flexibility index (Phi) is 3.97. The minimum absolute atomic E-state index is 0.00699. The van der Waals surface area contributed by atoms with Crippen molar-refractivity contribution in [3.05, 3.63) is 44.0 Å². The number of anilines is 1. The first-order chi connectivity index (χ1) is 10.4. The van der Waals surface area contributed by atoms with Crippen LogP contribution in [0.5, 0.6) is 11.5 Å². The van der Waals surface area contributed by atoms with Gasteiger partial charge in [0.1, 0.15) is 11.4 Å². The first kappa shape index (κ1) is 14.9. The summed E-state index contributed by atoms with van der Waals surface area (Å²) in [6.45, 7) is 1.57. The molecule has 11 nitrogen and oxygen atoms in total. The van der Waals surface area contributed by atoms with Crippen LogP contribution in [0, 0.1) is 17.0 Å². The van der Waals surface area contributed by atoms with Crippen LogP contribution < -0.4 is 11.1 Å². The van der Waals surface area contributed by atoms with E-state index in [9.17, 15) is 25.1 Å². The molecular formula is C11H10N6O5. The lowest BCUT2D eigenvalue weighted by molar-refractivity contribution is -0.385. The van der Waals surface area contributed by atoms with Crippen molar-refractivity contribution in [1.29, 1.82) is 0 Å². The van der Waals surface area contributed by atoms with Crippen LogP contribution >= 0.6 is 0 Å². The van der Waals surface area contributed by atoms with Gasteiger partial charge in [-0.2, -0.15) is 15.2 Å². The van der Waals surface area contributed by atoms with Crippen LogP contribution in [-0.4, -0.2) is 36.5 Å². The Labute approximate surface area is 122 Å². The van der Waals surface area contributed by atoms with E-state index in [0.717, 1.165) is 18.3 Å². The number of aryl methyl sites for hydroxylation is 1. The molecule has 0 aliphatic heterocycles. The van der Waals surface area contributed by atoms with Crippen LogP contribution in [0.15, 0.2) is 22.0 Å². The standard InChI is InChI=1S/C11H10N6O5/c1-5-10(13-11(20)16-14-5)15-12-4-6-2-7(17(21)22)9(19)3-8(6)18/h2-4,18-19H,1H3,(H2,13,15,16,20). The number of hydrogen-bond donors (Lipinski definition) is 4. The number of hydrogen-bond acceptors (Lipinski definition) is 9. The van der Waals surface area contributed by atoms with Gasteiger partial charge in [-0.25, -0.2) is 9.89 Å². The Bertz CT molecular complexity index is 815. The minimum Gasteiger partial charge on any atom is -0.507 e. The molecule has 114 valence electrons. The zero-order chi connectivity index (χ0) is 16.3. The molecule has 1 heterocycles. The molecule has 4 N–H and O–H groups in total. The van der Waals surface area contributed by atoms with E-state index in [4.69, 9.17) is 0 Å². The van der Waals surface area contributed by atoms with Crippen molar-refractivity contribution >= 4 is 17.7 Å². The monoisotopic (exact) mass is 306 g/mol. The number of nitro groups is 1. The van der Waals surface area contributed by atoms with Crippen molar-refractivity contribution < 1.29 is 15.1 Å². The number of phenolic OH excluding ortho intramolecular Hbond substituents is 2. The van der Waals surface area contributed by atoms with Gasteiger partial charge in [-0.1, -0.05) is 0 Å². The lowest BCUT2D eigenvalue weighted by Gasteiger charge is -2.02. The molecule has 1 aromatic carbocycles. The van der Waals surface area contributed by atoms with E-state index in [0.29, 0.717) is 5.69 Å². The summed E-state index contributed by atoms with van der Waals surface area (Å²) in [5, 5.41) is 39.2. The van der Waals surface area contributed by atoms with Crippen LogP contribution in [0.3, 0.4) is 0 Å². The van der Waals surface area contributed by atoms with Crippen molar-refractivity contribution in [2.45, 2.75) is 6.92 Å². The molecule has 0 saturated heterocycles. The van der Waals surface area contributed by atoms with E-state index in [1.807, 2.05) is 0 Å². The van der Waals surface area contributed by atoms with Crippen molar-refractivity contribution in [2.75, 3.05) is 5.43 Å². The normalized spacial score (nSPS) is 10.8. The molecule has 11 heteroatoms. The highest BCUT2D eigenvalue weighted by atomic mass is 16.6. The lowest BCUT2D eigenvalue weighted by atomic mass is 10.2. The van der Waals surface area contributed by atoms with Crippen LogP contribution in [0.2, 0.25) is 0 Å². The van der Waals surface area contributed by atoms with Gasteiger partial charge in [-0.05, 0) is 6.92 Å². The highest BCUT2D eigenvalue weighted by Crippen LogP contribution is 2.31. The molecule has 0 unspecified atom stereocenters. The average Bonchev–Trinajstić information content (AvgIpc) is 2.44. The van der Waals surface area contributed by atoms with Gasteiger partial charge in [0.25, 0.3) is 0 Å². The maximum atomic E-state index is 11.0. The molecule has 1 aromatic heterocycles. The fourth-order valence-corrected chi connectivity index (χ4v) is 1.49. The highest BCUT2D eigenvalue weighted by molar-refractivity contribution is 5.85. The third kappa shape index (κ3) is 3.15. The number of aromatic hydroxyl groups is 2. The summed E-state index contributed by atoms with van der Waals surface area (Å²) < 4.78 is 0. The van der Waals surface area contributed by atoms with E-state index in [-0.39, 0.29) is 11.4 Å². The predicted molar refractivity (Wildman–Crippen MR) is 75.0 cm³/mol. The molecule has 22 heavy (non-hydrogen) atoms. The van der Waals surface area contributed by atoms with E-state index < -0.39 is 27.8 Å². The van der Waals surface area contributed by atoms with Crippen LogP contribution in [0.1, 0.15) is 11.3 Å². The quantitative estimate of drug-likeness (QED) is 0.354. The smallest absolute Gasteiger partial charge is 0.363 e. The molecule has 0 aliphatic carbocycles. The Morgan fingerprint density at radius 3 is 2.82 bits per heavy atom. The fraction of sp³-hybridized carbons (Fsp3) is 0.0909. The van der Waals surface area contributed by atoms with Gasteiger partial charge in [0, 0.05) is 17.7 Å². The second-order valence-electron chi connectivity index (χ2n) is 4.10. The molecular weight excluding hydrogens is 296 g/mol. The molecule has 0 saturated carbocycles. The van der Waals surface area contributed by atoms with Gasteiger partial charge in [0.05, 0.1) is 11.1 Å². The summed E-state index contributed by atoms with van der Waals surface area (Å²) in [5.41, 5.74) is 1.54. The van der Waals surface area contributed by atoms with Gasteiger partial charge in [0.15, 0.2) is 11.6 Å². The van der Waals surface area contributed by atoms with Gasteiger partial charge in [0.2, 0.25) is 0 Å². The first-order valence-corrected chi connectivity index (χ1v) is 5.81. The van der Waals surface area contributed by atoms with Crippen LogP contribution in [0.25, 0.3) is 0 Å². The summed E-state index contributed by atoms with van der Waals surface area (Å²) >= 11 is 0. The molecule has 2 rings (SSSR count). The number of nitro benzene ring substituents is 1. The number of phenols is 2. The number of benzene rings is 1. The van der Waals surface area contributed by atoms with E-state index in [1.54, 1.807) is 6.92 Å². The predicted octanol–water partition coefficient (Wildman–Crippen LogP) is 0.239. The molecule has 0 aliphatic rings. The number of rotatable bonds is 4. The third-order valence-electron chi connectivity index (χ3n) is 2.57. The van der Waals surface area contributed by atoms with E-state index in [2.05, 4.69) is 25.7 Å². The molecule has 0 fully saturated rings. The van der Waals surface area contributed by atoms with E-state index >= 15 is 0 Å². The number of nitrogens with zero attached hydrogens (tertiary/aromatic N) is 4. The maximum Gasteiger partial charge on any atom is 0.363 e. The number of hydrazone groups is 1. The molecule has 0 amide bonds. The van der Waals surface area contributed by atoms with E-state index in [1.165, 1.54) is 0 Å². The SMILES string of the molecule is Cc1n[nH]c(=O)nc1NN=Cc1cc([N+](=O)[O-])c(O)cc1O. The topological polar surface area (TPSA) is 167 Å². The summed E-state index contributed by atoms with van der Waals surface area (Å²) in [7, 11) is 0. The van der Waals surface area contributed by atoms with Crippen molar-refractivity contribution in [2.24, 2.45) is 5.10 Å². The highest BCUT2D eigenvalue weighted by Gasteiger charge is 2.16. The Balaban J connectivity index is 2.27. The molecule has 0 atom stereocenters. The van der Waals surface area contributed by atoms with Gasteiger partial charge in [-0.15, -0.1) is 0 Å². The van der Waals surface area contributed by atoms with Crippen molar-refractivity contribution in [1.82, 2.24) is 15.2 Å². The average molecular weight is 306 g/mol. The van der Waals surface area contributed by atoms with Crippen LogP contribution in [0.4, 0.5) is 11.5 Å². The number of nitrogens with one attached hydrogen (secondary N) is 2. The van der Waals surface area contributed by atoms with Crippen molar-refractivity contribution in [3.8, 4) is 11.5 Å².